The molecule has 0 fully saturated rings. The molecule has 0 saturated carbocycles. The van der Waals surface area contributed by atoms with Crippen LogP contribution < -0.4 is 19.6 Å². The van der Waals surface area contributed by atoms with Crippen molar-refractivity contribution in [2.24, 2.45) is 4.99 Å². The fraction of sp³-hybridized carbons (Fsp3) is 0.121. The molecule has 1 aliphatic heterocycles. The van der Waals surface area contributed by atoms with E-state index in [4.69, 9.17) is 14.5 Å². The van der Waals surface area contributed by atoms with Crippen LogP contribution in [0.5, 0.6) is 5.75 Å². The summed E-state index contributed by atoms with van der Waals surface area (Å²) in [5.41, 5.74) is 2.86. The first-order valence-electron chi connectivity index (χ1n) is 13.5. The number of hydrogen-bond donors (Lipinski definition) is 0. The lowest BCUT2D eigenvalue weighted by atomic mass is 9.97. The summed E-state index contributed by atoms with van der Waals surface area (Å²) >= 11 is 7.19. The third-order valence-electron chi connectivity index (χ3n) is 6.81. The molecular formula is C33H23FI2N2O4S2. The maximum atomic E-state index is 14.2. The number of carbonyl (C=O) groups excluding carboxylic acids is 1. The number of ether oxygens (including phenoxy) is 2. The fourth-order valence-electron chi connectivity index (χ4n) is 4.87. The highest BCUT2D eigenvalue weighted by molar-refractivity contribution is 14.1. The normalized spacial score (nSPS) is 14.7. The van der Waals surface area contributed by atoms with Crippen molar-refractivity contribution < 1.29 is 18.7 Å². The molecule has 6 rings (SSSR count). The van der Waals surface area contributed by atoms with Crippen LogP contribution in [-0.4, -0.2) is 17.1 Å². The molecule has 2 aromatic heterocycles. The van der Waals surface area contributed by atoms with Crippen LogP contribution in [0.1, 0.15) is 34.5 Å². The van der Waals surface area contributed by atoms with Crippen molar-refractivity contribution in [1.29, 1.82) is 0 Å². The first kappa shape index (κ1) is 30.9. The summed E-state index contributed by atoms with van der Waals surface area (Å²) in [5, 5.41) is 1.93. The van der Waals surface area contributed by atoms with Gasteiger partial charge in [-0.1, -0.05) is 59.9 Å². The molecule has 0 N–H and O–H groups in total. The lowest BCUT2D eigenvalue weighted by molar-refractivity contribution is -0.138. The van der Waals surface area contributed by atoms with Gasteiger partial charge >= 0.3 is 5.97 Å². The second-order valence-electron chi connectivity index (χ2n) is 9.67. The zero-order valence-corrected chi connectivity index (χ0v) is 29.1. The van der Waals surface area contributed by atoms with E-state index >= 15 is 0 Å². The van der Waals surface area contributed by atoms with Gasteiger partial charge in [-0.2, -0.15) is 0 Å². The summed E-state index contributed by atoms with van der Waals surface area (Å²) in [4.78, 5) is 34.0. The summed E-state index contributed by atoms with van der Waals surface area (Å²) in [6, 6.07) is 22.7. The Morgan fingerprint density at radius 2 is 1.84 bits per heavy atom. The number of halogens is 3. The lowest BCUT2D eigenvalue weighted by Crippen LogP contribution is -2.39. The highest BCUT2D eigenvalue weighted by Crippen LogP contribution is 2.37. The minimum absolute atomic E-state index is 0.192. The van der Waals surface area contributed by atoms with Gasteiger partial charge < -0.3 is 9.47 Å². The highest BCUT2D eigenvalue weighted by atomic mass is 127. The van der Waals surface area contributed by atoms with E-state index in [0.717, 1.165) is 28.7 Å². The maximum Gasteiger partial charge on any atom is 0.338 e. The molecule has 5 aromatic rings. The van der Waals surface area contributed by atoms with Gasteiger partial charge in [0.15, 0.2) is 4.80 Å². The van der Waals surface area contributed by atoms with Crippen LogP contribution in [0.4, 0.5) is 4.39 Å². The Morgan fingerprint density at radius 3 is 2.55 bits per heavy atom. The van der Waals surface area contributed by atoms with E-state index in [-0.39, 0.29) is 24.6 Å². The Morgan fingerprint density at radius 1 is 1.07 bits per heavy atom. The van der Waals surface area contributed by atoms with Crippen molar-refractivity contribution in [3.63, 3.8) is 0 Å². The first-order valence-corrected chi connectivity index (χ1v) is 17.4. The molecule has 0 bridgehead atoms. The number of fused-ring (bicyclic) bond motifs is 1. The molecule has 0 amide bonds. The van der Waals surface area contributed by atoms with Crippen molar-refractivity contribution in [3.05, 3.63) is 144 Å². The molecule has 0 saturated heterocycles. The van der Waals surface area contributed by atoms with Crippen molar-refractivity contribution in [2.75, 3.05) is 6.61 Å². The molecule has 3 heterocycles. The van der Waals surface area contributed by atoms with Gasteiger partial charge in [-0.05, 0) is 99.5 Å². The molecule has 11 heteroatoms. The van der Waals surface area contributed by atoms with Crippen molar-refractivity contribution in [2.45, 2.75) is 19.6 Å². The summed E-state index contributed by atoms with van der Waals surface area (Å²) in [7, 11) is 0. The van der Waals surface area contributed by atoms with Gasteiger partial charge in [-0.3, -0.25) is 9.36 Å². The molecule has 222 valence electrons. The van der Waals surface area contributed by atoms with Gasteiger partial charge in [-0.25, -0.2) is 14.2 Å². The van der Waals surface area contributed by atoms with Crippen LogP contribution >= 0.6 is 67.9 Å². The molecule has 6 nitrogen and oxygen atoms in total. The Labute approximate surface area is 287 Å². The van der Waals surface area contributed by atoms with Crippen molar-refractivity contribution in [3.8, 4) is 5.75 Å². The lowest BCUT2D eigenvalue weighted by Gasteiger charge is -2.24. The Hall–Kier alpha value is -3.14. The number of thiazole rings is 1. The van der Waals surface area contributed by atoms with Crippen LogP contribution in [0.15, 0.2) is 99.6 Å². The quantitative estimate of drug-likeness (QED) is 0.126. The molecule has 0 radical (unpaired) electrons. The number of rotatable bonds is 8. The van der Waals surface area contributed by atoms with Crippen LogP contribution in [0, 0.1) is 13.0 Å². The topological polar surface area (TPSA) is 69.9 Å². The predicted molar refractivity (Wildman–Crippen MR) is 188 cm³/mol. The number of aromatic nitrogens is 1. The van der Waals surface area contributed by atoms with Crippen LogP contribution in [0.25, 0.3) is 11.8 Å². The average Bonchev–Trinajstić information content (AvgIpc) is 3.65. The second-order valence-corrected chi connectivity index (χ2v) is 14.1. The predicted octanol–water partition coefficient (Wildman–Crippen LogP) is 6.92. The third kappa shape index (κ3) is 6.32. The molecule has 1 aliphatic rings. The largest absolute Gasteiger partial charge is 0.487 e. The molecule has 0 spiro atoms. The molecular weight excluding hydrogens is 825 g/mol. The van der Waals surface area contributed by atoms with E-state index in [1.807, 2.05) is 66.1 Å². The van der Waals surface area contributed by atoms with E-state index in [1.165, 1.54) is 34.8 Å². The van der Waals surface area contributed by atoms with Gasteiger partial charge in [0.25, 0.3) is 5.56 Å². The van der Waals surface area contributed by atoms with E-state index in [1.54, 1.807) is 23.6 Å². The second kappa shape index (κ2) is 13.5. The number of thiophene rings is 1. The third-order valence-corrected chi connectivity index (χ3v) is 10.1. The molecule has 44 heavy (non-hydrogen) atoms. The molecule has 0 aliphatic carbocycles. The maximum absolute atomic E-state index is 14.2. The standard InChI is InChI=1S/C33H23FI2N2O4S2/c1-2-41-32(40)27-28(20-7-4-3-5-8-20)37-33-38(29(27)25-9-6-14-43-25)31(39)26(44-33)16-21-15-23(35)17-24(36)30(21)42-18-19-10-12-22(34)13-11-19/h3-17,29H,2,18H2,1H3/b26-16-/t29-/m0/s1. The van der Waals surface area contributed by atoms with E-state index in [9.17, 15) is 14.0 Å². The van der Waals surface area contributed by atoms with Gasteiger partial charge in [0.05, 0.1) is 26.0 Å². The van der Waals surface area contributed by atoms with Gasteiger partial charge in [-0.15, -0.1) is 11.3 Å². The number of nitrogens with zero attached hydrogens (tertiary/aromatic N) is 2. The van der Waals surface area contributed by atoms with Gasteiger partial charge in [0.2, 0.25) is 0 Å². The summed E-state index contributed by atoms with van der Waals surface area (Å²) in [6.07, 6.45) is 1.82. The van der Waals surface area contributed by atoms with E-state index in [0.29, 0.717) is 26.4 Å². The number of carbonyl (C=O) groups is 1. The Balaban J connectivity index is 1.53. The number of esters is 1. The highest BCUT2D eigenvalue weighted by Gasteiger charge is 2.35. The minimum atomic E-state index is -0.701. The smallest absolute Gasteiger partial charge is 0.338 e. The number of benzene rings is 3. The first-order chi connectivity index (χ1) is 21.3. The summed E-state index contributed by atoms with van der Waals surface area (Å²) < 4.78 is 29.1. The van der Waals surface area contributed by atoms with Crippen LogP contribution in [-0.2, 0) is 16.1 Å². The van der Waals surface area contributed by atoms with Crippen molar-refractivity contribution in [1.82, 2.24) is 4.57 Å². The fourth-order valence-corrected chi connectivity index (χ4v) is 8.73. The molecule has 1 atom stereocenters. The SMILES string of the molecule is CCOC(=O)C1=C(c2ccccc2)N=c2s/c(=C\c3cc(I)cc(I)c3OCc3ccc(F)cc3)c(=O)n2[C@H]1c1cccs1. The summed E-state index contributed by atoms with van der Waals surface area (Å²) in [5.74, 6) is -0.198. The molecule has 0 unspecified atom stereocenters. The van der Waals surface area contributed by atoms with E-state index < -0.39 is 12.0 Å². The molecule has 3 aromatic carbocycles. The van der Waals surface area contributed by atoms with Crippen molar-refractivity contribution >= 4 is 85.6 Å². The van der Waals surface area contributed by atoms with Crippen LogP contribution in [0.2, 0.25) is 0 Å². The zero-order chi connectivity index (χ0) is 30.8. The monoisotopic (exact) mass is 848 g/mol. The Kier molecular flexibility index (Phi) is 9.45. The van der Waals surface area contributed by atoms with E-state index in [2.05, 4.69) is 45.2 Å². The van der Waals surface area contributed by atoms with Crippen LogP contribution in [0.3, 0.4) is 0 Å². The number of hydrogen-bond acceptors (Lipinski definition) is 7. The van der Waals surface area contributed by atoms with Gasteiger partial charge in [0.1, 0.15) is 24.2 Å². The average molecular weight is 848 g/mol. The Bertz CT molecular complexity index is 2060. The summed E-state index contributed by atoms with van der Waals surface area (Å²) in [6.45, 7) is 2.19. The zero-order valence-electron chi connectivity index (χ0n) is 23.1. The minimum Gasteiger partial charge on any atom is -0.487 e. The van der Waals surface area contributed by atoms with Gasteiger partial charge in [0, 0.05) is 19.6 Å².